The summed E-state index contributed by atoms with van der Waals surface area (Å²) >= 11 is 8.99. The van der Waals surface area contributed by atoms with E-state index in [9.17, 15) is 10.1 Å². The van der Waals surface area contributed by atoms with Crippen molar-refractivity contribution in [1.82, 2.24) is 0 Å². The van der Waals surface area contributed by atoms with Crippen molar-refractivity contribution in [2.45, 2.75) is 20.5 Å². The minimum absolute atomic E-state index is 0.148. The number of hydrogen-bond donors (Lipinski definition) is 0. The van der Waals surface area contributed by atoms with Gasteiger partial charge in [0.05, 0.1) is 32.9 Å². The van der Waals surface area contributed by atoms with Crippen LogP contribution in [0.1, 0.15) is 27.8 Å². The number of anilines is 1. The van der Waals surface area contributed by atoms with Gasteiger partial charge in [-0.25, -0.2) is 0 Å². The third kappa shape index (κ3) is 5.37. The molecule has 0 aromatic heterocycles. The highest BCUT2D eigenvalue weighted by atomic mass is 127. The Morgan fingerprint density at radius 2 is 1.91 bits per heavy atom. The van der Waals surface area contributed by atoms with Gasteiger partial charge in [0.25, 0.3) is 5.91 Å². The van der Waals surface area contributed by atoms with E-state index in [0.29, 0.717) is 26.3 Å². The SMILES string of the molecule is COc1cc(/C=C2/SC(=S)N(c3ccc(C)c(C)c3)C2=O)cc(I)c1OCc1ccccc1C#N. The summed E-state index contributed by atoms with van der Waals surface area (Å²) in [6.45, 7) is 4.29. The number of thiocarbonyl (C=S) groups is 1. The van der Waals surface area contributed by atoms with E-state index in [1.54, 1.807) is 18.1 Å². The number of thioether (sulfide) groups is 1. The lowest BCUT2D eigenvalue weighted by molar-refractivity contribution is -0.113. The van der Waals surface area contributed by atoms with Crippen molar-refractivity contribution in [2.24, 2.45) is 0 Å². The molecule has 8 heteroatoms. The van der Waals surface area contributed by atoms with Gasteiger partial charge in [0.15, 0.2) is 15.8 Å². The van der Waals surface area contributed by atoms with Crippen LogP contribution in [0.5, 0.6) is 11.5 Å². The van der Waals surface area contributed by atoms with Gasteiger partial charge >= 0.3 is 0 Å². The predicted molar refractivity (Wildman–Crippen MR) is 153 cm³/mol. The fraction of sp³-hybridized carbons (Fsp3) is 0.148. The lowest BCUT2D eigenvalue weighted by atomic mass is 10.1. The van der Waals surface area contributed by atoms with Gasteiger partial charge in [0, 0.05) is 5.56 Å². The van der Waals surface area contributed by atoms with Crippen molar-refractivity contribution in [1.29, 1.82) is 5.26 Å². The molecular weight excluding hydrogens is 591 g/mol. The van der Waals surface area contributed by atoms with Gasteiger partial charge in [-0.1, -0.05) is 48.2 Å². The number of ether oxygens (including phenoxy) is 2. The molecule has 0 unspecified atom stereocenters. The van der Waals surface area contributed by atoms with Gasteiger partial charge in [0.1, 0.15) is 6.61 Å². The summed E-state index contributed by atoms with van der Waals surface area (Å²) in [7, 11) is 1.57. The second kappa shape index (κ2) is 10.8. The van der Waals surface area contributed by atoms with E-state index < -0.39 is 0 Å². The molecule has 0 saturated carbocycles. The van der Waals surface area contributed by atoms with Crippen LogP contribution in [-0.4, -0.2) is 17.3 Å². The van der Waals surface area contributed by atoms with Crippen molar-refractivity contribution < 1.29 is 14.3 Å². The molecule has 3 aromatic carbocycles. The number of hydrogen-bond acceptors (Lipinski definition) is 6. The first kappa shape index (κ1) is 25.2. The summed E-state index contributed by atoms with van der Waals surface area (Å²) in [5.41, 5.74) is 5.21. The van der Waals surface area contributed by atoms with Crippen molar-refractivity contribution in [3.05, 3.63) is 90.9 Å². The second-order valence-corrected chi connectivity index (χ2v) is 10.7. The summed E-state index contributed by atoms with van der Waals surface area (Å²) in [5, 5.41) is 9.32. The number of nitrogens with zero attached hydrogens (tertiary/aromatic N) is 2. The summed E-state index contributed by atoms with van der Waals surface area (Å²) in [4.78, 5) is 15.3. The van der Waals surface area contributed by atoms with E-state index in [2.05, 4.69) is 28.7 Å². The van der Waals surface area contributed by atoms with Crippen molar-refractivity contribution in [2.75, 3.05) is 12.0 Å². The lowest BCUT2D eigenvalue weighted by Gasteiger charge is -2.16. The Labute approximate surface area is 227 Å². The molecule has 1 heterocycles. The van der Waals surface area contributed by atoms with Crippen LogP contribution in [0.4, 0.5) is 5.69 Å². The molecule has 35 heavy (non-hydrogen) atoms. The van der Waals surface area contributed by atoms with Crippen LogP contribution in [0.3, 0.4) is 0 Å². The van der Waals surface area contributed by atoms with Crippen LogP contribution in [0.25, 0.3) is 6.08 Å². The number of carbonyl (C=O) groups excluding carboxylic acids is 1. The third-order valence-corrected chi connectivity index (χ3v) is 7.71. The number of rotatable bonds is 6. The van der Waals surface area contributed by atoms with Crippen LogP contribution >= 0.6 is 46.6 Å². The molecule has 0 atom stereocenters. The molecule has 4 rings (SSSR count). The summed E-state index contributed by atoms with van der Waals surface area (Å²) in [6, 6.07) is 19.2. The zero-order chi connectivity index (χ0) is 25.1. The lowest BCUT2D eigenvalue weighted by Crippen LogP contribution is -2.27. The molecular formula is C27H21IN2O3S2. The van der Waals surface area contributed by atoms with E-state index in [-0.39, 0.29) is 12.5 Å². The van der Waals surface area contributed by atoms with Gasteiger partial charge < -0.3 is 9.47 Å². The fourth-order valence-electron chi connectivity index (χ4n) is 3.57. The molecule has 1 fully saturated rings. The average molecular weight is 613 g/mol. The van der Waals surface area contributed by atoms with Crippen molar-refractivity contribution in [3.63, 3.8) is 0 Å². The Morgan fingerprint density at radius 1 is 1.14 bits per heavy atom. The highest BCUT2D eigenvalue weighted by Crippen LogP contribution is 2.39. The van der Waals surface area contributed by atoms with E-state index in [0.717, 1.165) is 31.5 Å². The first-order valence-electron chi connectivity index (χ1n) is 10.7. The fourth-order valence-corrected chi connectivity index (χ4v) is 5.65. The van der Waals surface area contributed by atoms with E-state index in [4.69, 9.17) is 21.7 Å². The Bertz CT molecular complexity index is 1410. The molecule has 0 spiro atoms. The first-order valence-corrected chi connectivity index (χ1v) is 13.0. The third-order valence-electron chi connectivity index (χ3n) is 5.60. The van der Waals surface area contributed by atoms with E-state index in [1.807, 2.05) is 68.5 Å². The average Bonchev–Trinajstić information content (AvgIpc) is 3.12. The summed E-state index contributed by atoms with van der Waals surface area (Å²) in [6.07, 6.45) is 1.82. The number of aryl methyl sites for hydroxylation is 2. The van der Waals surface area contributed by atoms with Crippen LogP contribution < -0.4 is 14.4 Å². The largest absolute Gasteiger partial charge is 0.493 e. The topological polar surface area (TPSA) is 62.6 Å². The van der Waals surface area contributed by atoms with Gasteiger partial charge in [-0.05, 0) is 89.5 Å². The van der Waals surface area contributed by atoms with Gasteiger partial charge in [-0.15, -0.1) is 0 Å². The molecule has 0 bridgehead atoms. The minimum Gasteiger partial charge on any atom is -0.493 e. The van der Waals surface area contributed by atoms with Gasteiger partial charge in [-0.3, -0.25) is 9.69 Å². The number of nitriles is 1. The van der Waals surface area contributed by atoms with Crippen LogP contribution in [0.15, 0.2) is 59.5 Å². The quantitative estimate of drug-likeness (QED) is 0.174. The zero-order valence-electron chi connectivity index (χ0n) is 19.3. The Balaban J connectivity index is 1.60. The molecule has 1 saturated heterocycles. The number of methoxy groups -OCH3 is 1. The maximum absolute atomic E-state index is 13.2. The molecule has 1 aliphatic rings. The first-order chi connectivity index (χ1) is 16.8. The predicted octanol–water partition coefficient (Wildman–Crippen LogP) is 6.77. The number of carbonyl (C=O) groups is 1. The van der Waals surface area contributed by atoms with Crippen LogP contribution in [-0.2, 0) is 11.4 Å². The monoisotopic (exact) mass is 612 g/mol. The zero-order valence-corrected chi connectivity index (χ0v) is 23.1. The number of amides is 1. The standard InChI is InChI=1S/C27H21IN2O3S2/c1-16-8-9-21(10-17(16)2)30-26(31)24(35-27(30)34)13-18-11-22(28)25(23(12-18)32-3)33-15-20-7-5-4-6-19(20)14-29/h4-13H,15H2,1-3H3/b24-13+. The molecule has 1 aliphatic heterocycles. The van der Waals surface area contributed by atoms with Crippen molar-refractivity contribution in [3.8, 4) is 17.6 Å². The van der Waals surface area contributed by atoms with Crippen LogP contribution in [0.2, 0.25) is 0 Å². The molecule has 3 aromatic rings. The molecule has 176 valence electrons. The van der Waals surface area contributed by atoms with Crippen LogP contribution in [0, 0.1) is 28.7 Å². The van der Waals surface area contributed by atoms with Crippen molar-refractivity contribution >= 4 is 68.6 Å². The molecule has 0 radical (unpaired) electrons. The highest BCUT2D eigenvalue weighted by Gasteiger charge is 2.33. The Hall–Kier alpha value is -2.87. The van der Waals surface area contributed by atoms with E-state index >= 15 is 0 Å². The molecule has 0 N–H and O–H groups in total. The molecule has 5 nitrogen and oxygen atoms in total. The van der Waals surface area contributed by atoms with Gasteiger partial charge in [0.2, 0.25) is 0 Å². The maximum Gasteiger partial charge on any atom is 0.270 e. The van der Waals surface area contributed by atoms with Gasteiger partial charge in [-0.2, -0.15) is 5.26 Å². The molecule has 1 amide bonds. The smallest absolute Gasteiger partial charge is 0.270 e. The Kier molecular flexibility index (Phi) is 7.79. The highest BCUT2D eigenvalue weighted by molar-refractivity contribution is 14.1. The summed E-state index contributed by atoms with van der Waals surface area (Å²) < 4.78 is 13.0. The Morgan fingerprint density at radius 3 is 2.63 bits per heavy atom. The summed E-state index contributed by atoms with van der Waals surface area (Å²) in [5.74, 6) is 0.980. The van der Waals surface area contributed by atoms with E-state index in [1.165, 1.54) is 11.8 Å². The maximum atomic E-state index is 13.2. The minimum atomic E-state index is -0.148. The number of halogens is 1. The second-order valence-electron chi connectivity index (χ2n) is 7.88. The number of benzene rings is 3. The normalized spacial score (nSPS) is 14.4. The molecule has 0 aliphatic carbocycles.